The molecule has 1 aliphatic rings. The average molecular weight is 425 g/mol. The summed E-state index contributed by atoms with van der Waals surface area (Å²) in [5.74, 6) is 0.814. The molecule has 2 aromatic carbocycles. The van der Waals surface area contributed by atoms with Gasteiger partial charge in [-0.2, -0.15) is 0 Å². The summed E-state index contributed by atoms with van der Waals surface area (Å²) in [6.07, 6.45) is 1.55. The van der Waals surface area contributed by atoms with Crippen LogP contribution < -0.4 is 10.2 Å². The van der Waals surface area contributed by atoms with Gasteiger partial charge in [0.1, 0.15) is 5.82 Å². The van der Waals surface area contributed by atoms with Gasteiger partial charge in [-0.3, -0.25) is 4.90 Å². The van der Waals surface area contributed by atoms with Crippen LogP contribution in [0.3, 0.4) is 0 Å². The molecule has 1 fully saturated rings. The number of H-pyrrole nitrogens is 1. The summed E-state index contributed by atoms with van der Waals surface area (Å²) in [7, 11) is 0. The summed E-state index contributed by atoms with van der Waals surface area (Å²) >= 11 is 6.06. The van der Waals surface area contributed by atoms with Gasteiger partial charge < -0.3 is 15.0 Å². The van der Waals surface area contributed by atoms with Gasteiger partial charge >= 0.3 is 6.09 Å². The zero-order valence-corrected chi connectivity index (χ0v) is 17.9. The first kappa shape index (κ1) is 20.3. The van der Waals surface area contributed by atoms with Gasteiger partial charge in [0.25, 0.3) is 0 Å². The second-order valence-electron chi connectivity index (χ2n) is 7.60. The van der Waals surface area contributed by atoms with Crippen molar-refractivity contribution in [3.05, 3.63) is 65.0 Å². The molecule has 3 aromatic rings. The smallest absolute Gasteiger partial charge is 0.414 e. The van der Waals surface area contributed by atoms with E-state index in [9.17, 15) is 4.79 Å². The predicted molar refractivity (Wildman–Crippen MR) is 121 cm³/mol. The number of benzene rings is 2. The van der Waals surface area contributed by atoms with E-state index in [2.05, 4.69) is 21.9 Å². The molecule has 0 bridgehead atoms. The van der Waals surface area contributed by atoms with Gasteiger partial charge in [-0.25, -0.2) is 9.78 Å². The summed E-state index contributed by atoms with van der Waals surface area (Å²) in [5, 5.41) is 4.07. The standard InChI is InChI=1S/C23H25ClN4O2/c1-14-12-17(6-9-21(14)28-10-4-5-11-30-23(28)29)15(2)25-16(3)22-26-19-8-7-18(24)13-20(19)27-22/h6-9,12-13,16,25H,2,4-5,10-11H2,1,3H3,(H,26,27)/t16-/m0/s1. The van der Waals surface area contributed by atoms with Crippen molar-refractivity contribution in [3.63, 3.8) is 0 Å². The summed E-state index contributed by atoms with van der Waals surface area (Å²) in [6, 6.07) is 11.5. The van der Waals surface area contributed by atoms with Gasteiger partial charge in [0.05, 0.1) is 23.7 Å². The number of aryl methyl sites for hydroxylation is 1. The number of carbonyl (C=O) groups excluding carboxylic acids is 1. The van der Waals surface area contributed by atoms with Crippen molar-refractivity contribution >= 4 is 40.1 Å². The fraction of sp³-hybridized carbons (Fsp3) is 0.304. The minimum Gasteiger partial charge on any atom is -0.449 e. The number of amides is 1. The number of carbonyl (C=O) groups is 1. The van der Waals surface area contributed by atoms with Crippen molar-refractivity contribution in [1.82, 2.24) is 15.3 Å². The Labute approximate surface area is 180 Å². The third-order valence-corrected chi connectivity index (χ3v) is 5.56. The number of nitrogens with one attached hydrogen (secondary N) is 2. The average Bonchev–Trinajstić information content (AvgIpc) is 3.02. The van der Waals surface area contributed by atoms with E-state index in [1.54, 1.807) is 4.90 Å². The van der Waals surface area contributed by atoms with E-state index in [-0.39, 0.29) is 12.1 Å². The lowest BCUT2D eigenvalue weighted by Gasteiger charge is -2.22. The van der Waals surface area contributed by atoms with E-state index in [0.29, 0.717) is 18.2 Å². The molecule has 0 saturated carbocycles. The van der Waals surface area contributed by atoms with Crippen LogP contribution in [-0.4, -0.2) is 29.2 Å². The fourth-order valence-electron chi connectivity index (χ4n) is 3.68. The SMILES string of the molecule is C=C(N[C@@H](C)c1nc2cc(Cl)ccc2[nH]1)c1ccc(N2CCCCOC2=O)c(C)c1. The molecule has 1 amide bonds. The Hall–Kier alpha value is -2.99. The molecule has 2 heterocycles. The zero-order chi connectivity index (χ0) is 21.3. The minimum absolute atomic E-state index is 0.0655. The lowest BCUT2D eigenvalue weighted by atomic mass is 10.1. The summed E-state index contributed by atoms with van der Waals surface area (Å²) in [4.78, 5) is 21.9. The first-order chi connectivity index (χ1) is 14.4. The molecule has 4 rings (SSSR count). The lowest BCUT2D eigenvalue weighted by molar-refractivity contribution is 0.159. The number of aromatic amines is 1. The van der Waals surface area contributed by atoms with Gasteiger partial charge in [-0.15, -0.1) is 0 Å². The number of halogens is 1. The molecule has 6 nitrogen and oxygen atoms in total. The minimum atomic E-state index is -0.279. The molecule has 1 atom stereocenters. The van der Waals surface area contributed by atoms with Crippen molar-refractivity contribution in [2.24, 2.45) is 0 Å². The van der Waals surface area contributed by atoms with Crippen LogP contribution in [0.5, 0.6) is 0 Å². The lowest BCUT2D eigenvalue weighted by Crippen LogP contribution is -2.31. The molecule has 1 aliphatic heterocycles. The van der Waals surface area contributed by atoms with Crippen LogP contribution in [0.15, 0.2) is 43.0 Å². The second-order valence-corrected chi connectivity index (χ2v) is 8.04. The van der Waals surface area contributed by atoms with Crippen molar-refractivity contribution in [2.75, 3.05) is 18.1 Å². The maximum atomic E-state index is 12.2. The Balaban J connectivity index is 1.50. The van der Waals surface area contributed by atoms with E-state index in [4.69, 9.17) is 16.3 Å². The number of hydrogen-bond donors (Lipinski definition) is 2. The first-order valence-electron chi connectivity index (χ1n) is 10.1. The predicted octanol–water partition coefficient (Wildman–Crippen LogP) is 5.58. The quantitative estimate of drug-likeness (QED) is 0.560. The molecule has 156 valence electrons. The highest BCUT2D eigenvalue weighted by molar-refractivity contribution is 6.31. The van der Waals surface area contributed by atoms with E-state index < -0.39 is 0 Å². The van der Waals surface area contributed by atoms with Crippen molar-refractivity contribution < 1.29 is 9.53 Å². The molecule has 2 N–H and O–H groups in total. The van der Waals surface area contributed by atoms with Gasteiger partial charge in [-0.1, -0.05) is 24.2 Å². The van der Waals surface area contributed by atoms with Crippen LogP contribution in [-0.2, 0) is 4.74 Å². The molecule has 0 aliphatic carbocycles. The van der Waals surface area contributed by atoms with E-state index in [0.717, 1.165) is 52.2 Å². The number of anilines is 1. The van der Waals surface area contributed by atoms with Crippen LogP contribution in [0.4, 0.5) is 10.5 Å². The number of fused-ring (bicyclic) bond motifs is 1. The number of nitrogens with zero attached hydrogens (tertiary/aromatic N) is 2. The Morgan fingerprint density at radius 1 is 1.30 bits per heavy atom. The summed E-state index contributed by atoms with van der Waals surface area (Å²) in [5.41, 5.74) is 5.40. The third-order valence-electron chi connectivity index (χ3n) is 5.32. The molecule has 1 aromatic heterocycles. The number of imidazole rings is 1. The van der Waals surface area contributed by atoms with Crippen molar-refractivity contribution in [1.29, 1.82) is 0 Å². The number of ether oxygens (including phenoxy) is 1. The maximum Gasteiger partial charge on any atom is 0.414 e. The van der Waals surface area contributed by atoms with Crippen LogP contribution in [0.25, 0.3) is 16.7 Å². The Kier molecular flexibility index (Phi) is 5.68. The van der Waals surface area contributed by atoms with E-state index in [1.165, 1.54) is 0 Å². The maximum absolute atomic E-state index is 12.2. The van der Waals surface area contributed by atoms with Crippen molar-refractivity contribution in [2.45, 2.75) is 32.7 Å². The monoisotopic (exact) mass is 424 g/mol. The van der Waals surface area contributed by atoms with Crippen LogP contribution in [0.1, 0.15) is 42.8 Å². The molecule has 0 radical (unpaired) electrons. The molecule has 0 unspecified atom stereocenters. The molecule has 1 saturated heterocycles. The second kappa shape index (κ2) is 8.40. The van der Waals surface area contributed by atoms with E-state index in [1.807, 2.05) is 50.2 Å². The Morgan fingerprint density at radius 3 is 2.93 bits per heavy atom. The van der Waals surface area contributed by atoms with Crippen molar-refractivity contribution in [3.8, 4) is 0 Å². The number of aromatic nitrogens is 2. The number of rotatable bonds is 5. The summed E-state index contributed by atoms with van der Waals surface area (Å²) in [6.45, 7) is 9.37. The summed E-state index contributed by atoms with van der Waals surface area (Å²) < 4.78 is 5.27. The molecular formula is C23H25ClN4O2. The zero-order valence-electron chi connectivity index (χ0n) is 17.2. The number of hydrogen-bond acceptors (Lipinski definition) is 4. The number of cyclic esters (lactones) is 1. The Bertz CT molecular complexity index is 1110. The highest BCUT2D eigenvalue weighted by atomic mass is 35.5. The Morgan fingerprint density at radius 2 is 2.13 bits per heavy atom. The highest BCUT2D eigenvalue weighted by Gasteiger charge is 2.21. The molecule has 30 heavy (non-hydrogen) atoms. The molecular weight excluding hydrogens is 400 g/mol. The van der Waals surface area contributed by atoms with Crippen LogP contribution >= 0.6 is 11.6 Å². The first-order valence-corrected chi connectivity index (χ1v) is 10.5. The third kappa shape index (κ3) is 4.14. The topological polar surface area (TPSA) is 70.2 Å². The molecule has 0 spiro atoms. The van der Waals surface area contributed by atoms with E-state index >= 15 is 0 Å². The highest BCUT2D eigenvalue weighted by Crippen LogP contribution is 2.27. The molecule has 7 heteroatoms. The van der Waals surface area contributed by atoms with Gasteiger partial charge in [0.2, 0.25) is 0 Å². The van der Waals surface area contributed by atoms with Crippen LogP contribution in [0.2, 0.25) is 5.02 Å². The van der Waals surface area contributed by atoms with Gasteiger partial charge in [0.15, 0.2) is 0 Å². The normalized spacial score (nSPS) is 15.6. The largest absolute Gasteiger partial charge is 0.449 e. The van der Waals surface area contributed by atoms with Gasteiger partial charge in [0, 0.05) is 23.0 Å². The fourth-order valence-corrected chi connectivity index (χ4v) is 3.85. The van der Waals surface area contributed by atoms with Crippen LogP contribution in [0, 0.1) is 6.92 Å². The van der Waals surface area contributed by atoms with Gasteiger partial charge in [-0.05, 0) is 68.1 Å².